The summed E-state index contributed by atoms with van der Waals surface area (Å²) in [5.74, 6) is 0. The molecule has 2 N–H and O–H groups in total. The van der Waals surface area contributed by atoms with E-state index in [2.05, 4.69) is 58.2 Å². The number of aryl methyl sites for hydroxylation is 3. The molecular weight excluding hydrogens is 432 g/mol. The second kappa shape index (κ2) is 10.5. The Labute approximate surface area is 200 Å². The zero-order chi connectivity index (χ0) is 23.4. The molecule has 1 saturated heterocycles. The van der Waals surface area contributed by atoms with Crippen molar-refractivity contribution in [3.8, 4) is 0 Å². The standard InChI is InChI=1S/C26H32N4O2S/c1-18-5-4-6-23(15-18)27-26(33)30(8-7-29-9-11-32-12-10-29)17-22-16-21-14-19(2)13-20(3)24(21)28-25(22)31/h4-6,13-16H,7-12,17H2,1-3H3,(H,27,33)(H,28,31). The van der Waals surface area contributed by atoms with E-state index >= 15 is 0 Å². The molecular formula is C26H32N4O2S. The van der Waals surface area contributed by atoms with Gasteiger partial charge in [0, 0.05) is 37.4 Å². The van der Waals surface area contributed by atoms with Gasteiger partial charge < -0.3 is 19.9 Å². The van der Waals surface area contributed by atoms with Crippen molar-refractivity contribution >= 4 is 33.9 Å². The minimum atomic E-state index is -0.0656. The number of aromatic nitrogens is 1. The monoisotopic (exact) mass is 464 g/mol. The van der Waals surface area contributed by atoms with Gasteiger partial charge in [-0.1, -0.05) is 23.8 Å². The minimum Gasteiger partial charge on any atom is -0.379 e. The van der Waals surface area contributed by atoms with Crippen LogP contribution >= 0.6 is 12.2 Å². The lowest BCUT2D eigenvalue weighted by Crippen LogP contribution is -2.44. The SMILES string of the molecule is Cc1cccc(NC(=S)N(CCN2CCOCC2)Cc2cc3cc(C)cc(C)c3[nH]c2=O)c1. The van der Waals surface area contributed by atoms with E-state index in [1.807, 2.05) is 25.1 Å². The second-order valence-corrected chi connectivity index (χ2v) is 9.23. The van der Waals surface area contributed by atoms with Crippen molar-refractivity contribution in [2.24, 2.45) is 0 Å². The van der Waals surface area contributed by atoms with Crippen LogP contribution in [0.1, 0.15) is 22.3 Å². The number of aromatic amines is 1. The number of ether oxygens (including phenoxy) is 1. The Hall–Kier alpha value is -2.74. The lowest BCUT2D eigenvalue weighted by molar-refractivity contribution is 0.0358. The van der Waals surface area contributed by atoms with E-state index in [9.17, 15) is 4.79 Å². The summed E-state index contributed by atoms with van der Waals surface area (Å²) in [7, 11) is 0. The minimum absolute atomic E-state index is 0.0656. The average molecular weight is 465 g/mol. The number of pyridine rings is 1. The van der Waals surface area contributed by atoms with E-state index in [1.54, 1.807) is 0 Å². The number of rotatable bonds is 6. The molecule has 3 aromatic rings. The lowest BCUT2D eigenvalue weighted by atomic mass is 10.1. The van der Waals surface area contributed by atoms with Gasteiger partial charge in [0.05, 0.1) is 25.3 Å². The number of benzene rings is 2. The first-order valence-corrected chi connectivity index (χ1v) is 11.9. The molecule has 6 nitrogen and oxygen atoms in total. The summed E-state index contributed by atoms with van der Waals surface area (Å²) in [6.45, 7) is 11.5. The van der Waals surface area contributed by atoms with Gasteiger partial charge in [0.1, 0.15) is 0 Å². The number of H-pyrrole nitrogens is 1. The van der Waals surface area contributed by atoms with E-state index in [-0.39, 0.29) is 5.56 Å². The molecule has 1 aliphatic heterocycles. The first-order chi connectivity index (χ1) is 15.9. The first kappa shape index (κ1) is 23.4. The molecule has 0 unspecified atom stereocenters. The van der Waals surface area contributed by atoms with Crippen LogP contribution in [0.5, 0.6) is 0 Å². The van der Waals surface area contributed by atoms with Gasteiger partial charge in [0.25, 0.3) is 5.56 Å². The quantitative estimate of drug-likeness (QED) is 0.538. The summed E-state index contributed by atoms with van der Waals surface area (Å²) in [5.41, 5.74) is 5.92. The molecule has 0 bridgehead atoms. The molecule has 4 rings (SSSR count). The van der Waals surface area contributed by atoms with Crippen LogP contribution in [0.25, 0.3) is 10.9 Å². The van der Waals surface area contributed by atoms with Gasteiger partial charge in [-0.15, -0.1) is 0 Å². The van der Waals surface area contributed by atoms with Crippen LogP contribution in [0, 0.1) is 20.8 Å². The Morgan fingerprint density at radius 2 is 1.91 bits per heavy atom. The molecule has 1 aromatic heterocycles. The van der Waals surface area contributed by atoms with Crippen LogP contribution in [0.15, 0.2) is 47.3 Å². The Bertz CT molecular complexity index is 1200. The van der Waals surface area contributed by atoms with Crippen molar-refractivity contribution in [3.05, 3.63) is 75.1 Å². The predicted molar refractivity (Wildman–Crippen MR) is 139 cm³/mol. The fraction of sp³-hybridized carbons (Fsp3) is 0.385. The first-order valence-electron chi connectivity index (χ1n) is 11.4. The highest BCUT2D eigenvalue weighted by Gasteiger charge is 2.17. The summed E-state index contributed by atoms with van der Waals surface area (Å²) < 4.78 is 5.48. The van der Waals surface area contributed by atoms with Crippen LogP contribution in [0.4, 0.5) is 5.69 Å². The number of nitrogens with zero attached hydrogens (tertiary/aromatic N) is 2. The third kappa shape index (κ3) is 5.99. The molecule has 174 valence electrons. The largest absolute Gasteiger partial charge is 0.379 e. The highest BCUT2D eigenvalue weighted by atomic mass is 32.1. The molecule has 33 heavy (non-hydrogen) atoms. The van der Waals surface area contributed by atoms with Crippen molar-refractivity contribution in [1.82, 2.24) is 14.8 Å². The van der Waals surface area contributed by atoms with E-state index in [1.165, 1.54) is 11.1 Å². The molecule has 7 heteroatoms. The van der Waals surface area contributed by atoms with E-state index in [4.69, 9.17) is 17.0 Å². The van der Waals surface area contributed by atoms with Crippen LogP contribution in [0.2, 0.25) is 0 Å². The summed E-state index contributed by atoms with van der Waals surface area (Å²) in [4.78, 5) is 20.5. The summed E-state index contributed by atoms with van der Waals surface area (Å²) >= 11 is 5.81. The van der Waals surface area contributed by atoms with Gasteiger partial charge in [-0.3, -0.25) is 9.69 Å². The Morgan fingerprint density at radius 3 is 2.67 bits per heavy atom. The summed E-state index contributed by atoms with van der Waals surface area (Å²) in [6.07, 6.45) is 0. The number of hydrogen-bond donors (Lipinski definition) is 2. The smallest absolute Gasteiger partial charge is 0.253 e. The van der Waals surface area contributed by atoms with Gasteiger partial charge >= 0.3 is 0 Å². The third-order valence-corrected chi connectivity index (χ3v) is 6.44. The maximum atomic E-state index is 13.0. The Kier molecular flexibility index (Phi) is 7.42. The molecule has 0 aliphatic carbocycles. The molecule has 0 atom stereocenters. The van der Waals surface area contributed by atoms with Gasteiger partial charge in [0.15, 0.2) is 5.11 Å². The van der Waals surface area contributed by atoms with Gasteiger partial charge in [-0.2, -0.15) is 0 Å². The Balaban J connectivity index is 1.58. The predicted octanol–water partition coefficient (Wildman–Crippen LogP) is 3.98. The van der Waals surface area contributed by atoms with Gasteiger partial charge in [0.2, 0.25) is 0 Å². The van der Waals surface area contributed by atoms with Crippen LogP contribution < -0.4 is 10.9 Å². The number of morpholine rings is 1. The topological polar surface area (TPSA) is 60.6 Å². The number of fused-ring (bicyclic) bond motifs is 1. The number of hydrogen-bond acceptors (Lipinski definition) is 4. The summed E-state index contributed by atoms with van der Waals surface area (Å²) in [6, 6.07) is 14.4. The fourth-order valence-corrected chi connectivity index (χ4v) is 4.59. The average Bonchev–Trinajstić information content (AvgIpc) is 2.78. The second-order valence-electron chi connectivity index (χ2n) is 8.84. The number of anilines is 1. The van der Waals surface area contributed by atoms with Crippen molar-refractivity contribution in [1.29, 1.82) is 0 Å². The van der Waals surface area contributed by atoms with Crippen LogP contribution in [-0.2, 0) is 11.3 Å². The van der Waals surface area contributed by atoms with E-state index in [0.717, 1.165) is 61.5 Å². The fourth-order valence-electron chi connectivity index (χ4n) is 4.32. The molecule has 2 heterocycles. The maximum Gasteiger partial charge on any atom is 0.253 e. The normalized spacial score (nSPS) is 14.4. The number of nitrogens with one attached hydrogen (secondary N) is 2. The van der Waals surface area contributed by atoms with Crippen molar-refractivity contribution in [2.75, 3.05) is 44.7 Å². The Morgan fingerprint density at radius 1 is 1.12 bits per heavy atom. The molecule has 1 fully saturated rings. The van der Waals surface area contributed by atoms with E-state index < -0.39 is 0 Å². The van der Waals surface area contributed by atoms with Crippen LogP contribution in [0.3, 0.4) is 0 Å². The maximum absolute atomic E-state index is 13.0. The molecule has 1 aliphatic rings. The molecule has 0 amide bonds. The van der Waals surface area contributed by atoms with Crippen molar-refractivity contribution in [2.45, 2.75) is 27.3 Å². The van der Waals surface area contributed by atoms with Crippen molar-refractivity contribution < 1.29 is 4.74 Å². The van der Waals surface area contributed by atoms with Gasteiger partial charge in [-0.05, 0) is 73.8 Å². The lowest BCUT2D eigenvalue weighted by Gasteiger charge is -2.31. The zero-order valence-corrected chi connectivity index (χ0v) is 20.4. The molecule has 0 radical (unpaired) electrons. The highest BCUT2D eigenvalue weighted by molar-refractivity contribution is 7.80. The molecule has 0 saturated carbocycles. The zero-order valence-electron chi connectivity index (χ0n) is 19.6. The molecule has 0 spiro atoms. The third-order valence-electron chi connectivity index (χ3n) is 6.08. The van der Waals surface area contributed by atoms with E-state index in [0.29, 0.717) is 17.2 Å². The number of thiocarbonyl (C=S) groups is 1. The summed E-state index contributed by atoms with van der Waals surface area (Å²) in [5, 5.41) is 5.04. The van der Waals surface area contributed by atoms with Crippen molar-refractivity contribution in [3.63, 3.8) is 0 Å². The molecule has 2 aromatic carbocycles. The van der Waals surface area contributed by atoms with Crippen LogP contribution in [-0.4, -0.2) is 59.3 Å². The highest BCUT2D eigenvalue weighted by Crippen LogP contribution is 2.19. The van der Waals surface area contributed by atoms with Gasteiger partial charge in [-0.25, -0.2) is 0 Å².